The van der Waals surface area contributed by atoms with Crippen LogP contribution in [0.4, 0.5) is 0 Å². The van der Waals surface area contributed by atoms with Gasteiger partial charge >= 0.3 is 0 Å². The molecule has 1 saturated heterocycles. The molecule has 19 heavy (non-hydrogen) atoms. The standard InChI is InChI=1S/C18H29N/c1-15-5-7-16(8-6-15)9-12-19-13-10-17(11-14-19)18(2,3)4/h5-8,17H,9-14H2,1-4H3. The van der Waals surface area contributed by atoms with Crippen LogP contribution in [0.2, 0.25) is 0 Å². The summed E-state index contributed by atoms with van der Waals surface area (Å²) in [6, 6.07) is 9.00. The summed E-state index contributed by atoms with van der Waals surface area (Å²) in [5, 5.41) is 0. The first-order chi connectivity index (χ1) is 8.95. The third-order valence-electron chi connectivity index (χ3n) is 4.65. The lowest BCUT2D eigenvalue weighted by Gasteiger charge is -2.38. The van der Waals surface area contributed by atoms with Crippen molar-refractivity contribution in [2.75, 3.05) is 19.6 Å². The lowest BCUT2D eigenvalue weighted by Crippen LogP contribution is -2.38. The molecule has 0 unspecified atom stereocenters. The van der Waals surface area contributed by atoms with Crippen molar-refractivity contribution < 1.29 is 0 Å². The summed E-state index contributed by atoms with van der Waals surface area (Å²) in [6.07, 6.45) is 3.94. The van der Waals surface area contributed by atoms with Gasteiger partial charge in [0.25, 0.3) is 0 Å². The van der Waals surface area contributed by atoms with Crippen LogP contribution in [0, 0.1) is 18.3 Å². The van der Waals surface area contributed by atoms with E-state index in [1.807, 2.05) is 0 Å². The van der Waals surface area contributed by atoms with E-state index in [1.165, 1.54) is 50.0 Å². The number of hydrogen-bond donors (Lipinski definition) is 0. The van der Waals surface area contributed by atoms with E-state index in [9.17, 15) is 0 Å². The Morgan fingerprint density at radius 2 is 1.63 bits per heavy atom. The predicted molar refractivity (Wildman–Crippen MR) is 83.5 cm³/mol. The molecular formula is C18H29N. The summed E-state index contributed by atoms with van der Waals surface area (Å²) in [5.41, 5.74) is 3.32. The highest BCUT2D eigenvalue weighted by molar-refractivity contribution is 5.21. The maximum absolute atomic E-state index is 2.64. The Bertz CT molecular complexity index is 377. The molecule has 0 aromatic heterocycles. The zero-order valence-corrected chi connectivity index (χ0v) is 13.1. The summed E-state index contributed by atoms with van der Waals surface area (Å²) < 4.78 is 0. The molecule has 0 atom stereocenters. The Kier molecular flexibility index (Phi) is 4.67. The Morgan fingerprint density at radius 1 is 1.05 bits per heavy atom. The van der Waals surface area contributed by atoms with Crippen LogP contribution in [0.15, 0.2) is 24.3 Å². The van der Waals surface area contributed by atoms with Gasteiger partial charge in [0.15, 0.2) is 0 Å². The first-order valence-electron chi connectivity index (χ1n) is 7.73. The number of benzene rings is 1. The fraction of sp³-hybridized carbons (Fsp3) is 0.667. The van der Waals surface area contributed by atoms with E-state index in [1.54, 1.807) is 0 Å². The summed E-state index contributed by atoms with van der Waals surface area (Å²) >= 11 is 0. The average Bonchev–Trinajstić information content (AvgIpc) is 2.37. The van der Waals surface area contributed by atoms with Gasteiger partial charge in [0, 0.05) is 6.54 Å². The highest BCUT2D eigenvalue weighted by Gasteiger charge is 2.28. The second kappa shape index (κ2) is 6.09. The minimum absolute atomic E-state index is 0.489. The summed E-state index contributed by atoms with van der Waals surface area (Å²) in [7, 11) is 0. The second-order valence-corrected chi connectivity index (χ2v) is 7.22. The van der Waals surface area contributed by atoms with Crippen LogP contribution in [-0.4, -0.2) is 24.5 Å². The minimum Gasteiger partial charge on any atom is -0.303 e. The van der Waals surface area contributed by atoms with E-state index in [-0.39, 0.29) is 0 Å². The van der Waals surface area contributed by atoms with Crippen molar-refractivity contribution in [2.24, 2.45) is 11.3 Å². The van der Waals surface area contributed by atoms with E-state index >= 15 is 0 Å². The first kappa shape index (κ1) is 14.6. The largest absolute Gasteiger partial charge is 0.303 e. The van der Waals surface area contributed by atoms with Gasteiger partial charge in [-0.2, -0.15) is 0 Å². The van der Waals surface area contributed by atoms with Crippen LogP contribution in [0.3, 0.4) is 0 Å². The highest BCUT2D eigenvalue weighted by atomic mass is 15.1. The normalized spacial score (nSPS) is 18.7. The Balaban J connectivity index is 1.75. The molecule has 1 aromatic carbocycles. The van der Waals surface area contributed by atoms with Gasteiger partial charge in [-0.05, 0) is 56.2 Å². The molecule has 1 heterocycles. The first-order valence-corrected chi connectivity index (χ1v) is 7.73. The van der Waals surface area contributed by atoms with Gasteiger partial charge in [0.05, 0.1) is 0 Å². The third-order valence-corrected chi connectivity index (χ3v) is 4.65. The van der Waals surface area contributed by atoms with Gasteiger partial charge in [0.2, 0.25) is 0 Å². The molecule has 0 N–H and O–H groups in total. The molecule has 1 aromatic rings. The molecule has 1 heteroatoms. The molecule has 0 spiro atoms. The SMILES string of the molecule is Cc1ccc(CCN2CCC(C(C)(C)C)CC2)cc1. The topological polar surface area (TPSA) is 3.24 Å². The molecule has 2 rings (SSSR count). The monoisotopic (exact) mass is 259 g/mol. The van der Waals surface area contributed by atoms with E-state index in [2.05, 4.69) is 56.9 Å². The molecule has 1 aliphatic rings. The van der Waals surface area contributed by atoms with Gasteiger partial charge in [0.1, 0.15) is 0 Å². The van der Waals surface area contributed by atoms with Crippen molar-refractivity contribution in [1.82, 2.24) is 4.90 Å². The van der Waals surface area contributed by atoms with E-state index in [0.29, 0.717) is 5.41 Å². The number of likely N-dealkylation sites (tertiary alicyclic amines) is 1. The fourth-order valence-electron chi connectivity index (χ4n) is 3.06. The number of hydrogen-bond acceptors (Lipinski definition) is 1. The quantitative estimate of drug-likeness (QED) is 0.782. The maximum atomic E-state index is 2.64. The molecule has 0 aliphatic carbocycles. The van der Waals surface area contributed by atoms with Crippen molar-refractivity contribution in [3.05, 3.63) is 35.4 Å². The fourth-order valence-corrected chi connectivity index (χ4v) is 3.06. The molecule has 1 nitrogen and oxygen atoms in total. The van der Waals surface area contributed by atoms with Crippen LogP contribution in [0.25, 0.3) is 0 Å². The Hall–Kier alpha value is -0.820. The molecule has 106 valence electrons. The Morgan fingerprint density at radius 3 is 2.16 bits per heavy atom. The summed E-state index contributed by atoms with van der Waals surface area (Å²) in [5.74, 6) is 0.906. The van der Waals surface area contributed by atoms with Crippen molar-refractivity contribution in [2.45, 2.75) is 47.0 Å². The minimum atomic E-state index is 0.489. The molecule has 0 amide bonds. The Labute approximate surface area is 119 Å². The van der Waals surface area contributed by atoms with Crippen LogP contribution in [0.5, 0.6) is 0 Å². The van der Waals surface area contributed by atoms with Crippen molar-refractivity contribution in [3.8, 4) is 0 Å². The van der Waals surface area contributed by atoms with Crippen LogP contribution < -0.4 is 0 Å². The van der Waals surface area contributed by atoms with E-state index in [4.69, 9.17) is 0 Å². The lowest BCUT2D eigenvalue weighted by atomic mass is 9.75. The zero-order chi connectivity index (χ0) is 13.9. The number of aryl methyl sites for hydroxylation is 1. The maximum Gasteiger partial charge on any atom is 0.00218 e. The van der Waals surface area contributed by atoms with Gasteiger partial charge in [-0.25, -0.2) is 0 Å². The number of nitrogens with zero attached hydrogens (tertiary/aromatic N) is 1. The molecule has 1 fully saturated rings. The van der Waals surface area contributed by atoms with Crippen molar-refractivity contribution in [1.29, 1.82) is 0 Å². The third kappa shape index (κ3) is 4.35. The average molecular weight is 259 g/mol. The summed E-state index contributed by atoms with van der Waals surface area (Å²) in [6.45, 7) is 13.1. The van der Waals surface area contributed by atoms with Crippen molar-refractivity contribution >= 4 is 0 Å². The molecule has 1 aliphatic heterocycles. The van der Waals surface area contributed by atoms with E-state index < -0.39 is 0 Å². The molecule has 0 saturated carbocycles. The smallest absolute Gasteiger partial charge is 0.00218 e. The van der Waals surface area contributed by atoms with Crippen LogP contribution in [0.1, 0.15) is 44.7 Å². The lowest BCUT2D eigenvalue weighted by molar-refractivity contribution is 0.113. The number of rotatable bonds is 3. The highest BCUT2D eigenvalue weighted by Crippen LogP contribution is 2.34. The van der Waals surface area contributed by atoms with Crippen LogP contribution >= 0.6 is 0 Å². The molecule has 0 radical (unpaired) electrons. The summed E-state index contributed by atoms with van der Waals surface area (Å²) in [4.78, 5) is 2.64. The second-order valence-electron chi connectivity index (χ2n) is 7.22. The molecular weight excluding hydrogens is 230 g/mol. The van der Waals surface area contributed by atoms with Gasteiger partial charge in [-0.1, -0.05) is 50.6 Å². The van der Waals surface area contributed by atoms with Gasteiger partial charge in [-0.3, -0.25) is 0 Å². The number of piperidine rings is 1. The predicted octanol–water partition coefficient (Wildman–Crippen LogP) is 4.30. The zero-order valence-electron chi connectivity index (χ0n) is 13.1. The van der Waals surface area contributed by atoms with Gasteiger partial charge in [-0.15, -0.1) is 0 Å². The van der Waals surface area contributed by atoms with E-state index in [0.717, 1.165) is 5.92 Å². The van der Waals surface area contributed by atoms with Gasteiger partial charge < -0.3 is 4.90 Å². The van der Waals surface area contributed by atoms with Crippen molar-refractivity contribution in [3.63, 3.8) is 0 Å². The van der Waals surface area contributed by atoms with Crippen LogP contribution in [-0.2, 0) is 6.42 Å². The molecule has 0 bridgehead atoms.